The molecule has 0 radical (unpaired) electrons. The van der Waals surface area contributed by atoms with Crippen LogP contribution in [0.1, 0.15) is 45.4 Å². The summed E-state index contributed by atoms with van der Waals surface area (Å²) in [6.07, 6.45) is 5.64. The summed E-state index contributed by atoms with van der Waals surface area (Å²) in [7, 11) is 0. The van der Waals surface area contributed by atoms with Crippen molar-refractivity contribution in [3.05, 3.63) is 0 Å². The molecule has 0 aliphatic rings. The summed E-state index contributed by atoms with van der Waals surface area (Å²) in [6.45, 7) is 3.38. The number of aliphatic hydroxyl groups is 1. The molecule has 108 valence electrons. The quantitative estimate of drug-likeness (QED) is 0.522. The van der Waals surface area contributed by atoms with Gasteiger partial charge in [0.1, 0.15) is 0 Å². The fourth-order valence-corrected chi connectivity index (χ4v) is 2.00. The van der Waals surface area contributed by atoms with E-state index >= 15 is 0 Å². The lowest BCUT2D eigenvalue weighted by atomic mass is 10.2. The maximum Gasteiger partial charge on any atom is 0.274 e. The number of nitrogens with zero attached hydrogens (tertiary/aromatic N) is 1. The number of aliphatic hydroxyl groups excluding tert-OH is 1. The van der Waals surface area contributed by atoms with Crippen LogP contribution in [0.3, 0.4) is 0 Å². The Bertz CT molecular complexity index is 232. The molecule has 3 nitrogen and oxygen atoms in total. The van der Waals surface area contributed by atoms with Gasteiger partial charge in [-0.05, 0) is 19.3 Å². The van der Waals surface area contributed by atoms with Crippen molar-refractivity contribution < 1.29 is 9.90 Å². The average molecular weight is 319 g/mol. The summed E-state index contributed by atoms with van der Waals surface area (Å²) in [4.78, 5) is 13.5. The van der Waals surface area contributed by atoms with E-state index in [4.69, 9.17) is 39.9 Å². The van der Waals surface area contributed by atoms with Crippen molar-refractivity contribution in [1.82, 2.24) is 4.90 Å². The molecule has 0 fully saturated rings. The predicted octanol–water partition coefficient (Wildman–Crippen LogP) is 3.54. The second-order valence-corrected chi connectivity index (χ2v) is 6.56. The molecule has 0 aromatic carbocycles. The summed E-state index contributed by atoms with van der Waals surface area (Å²) in [5.74, 6) is -0.470. The fourth-order valence-electron chi connectivity index (χ4n) is 1.64. The number of amides is 1. The van der Waals surface area contributed by atoms with Crippen LogP contribution in [0, 0.1) is 0 Å². The minimum absolute atomic E-state index is 0.117. The third-order valence-electron chi connectivity index (χ3n) is 2.65. The van der Waals surface area contributed by atoms with E-state index < -0.39 is 9.70 Å². The largest absolute Gasteiger partial charge is 0.396 e. The van der Waals surface area contributed by atoms with E-state index in [0.29, 0.717) is 19.5 Å². The molecule has 0 aliphatic carbocycles. The molecule has 0 aromatic heterocycles. The summed E-state index contributed by atoms with van der Waals surface area (Å²) >= 11 is 16.9. The van der Waals surface area contributed by atoms with Crippen LogP contribution >= 0.6 is 34.8 Å². The van der Waals surface area contributed by atoms with Gasteiger partial charge in [-0.15, -0.1) is 0 Å². The molecule has 1 N–H and O–H groups in total. The molecule has 0 saturated heterocycles. The van der Waals surface area contributed by atoms with Crippen molar-refractivity contribution in [3.8, 4) is 0 Å². The number of hydrogen-bond donors (Lipinski definition) is 1. The van der Waals surface area contributed by atoms with Gasteiger partial charge < -0.3 is 10.0 Å². The van der Waals surface area contributed by atoms with Crippen molar-refractivity contribution in [1.29, 1.82) is 0 Å². The highest BCUT2D eigenvalue weighted by Crippen LogP contribution is 2.28. The number of rotatable bonds is 9. The first-order valence-corrected chi connectivity index (χ1v) is 7.53. The molecule has 18 heavy (non-hydrogen) atoms. The van der Waals surface area contributed by atoms with E-state index in [1.807, 2.05) is 0 Å². The number of halogens is 3. The SMILES string of the molecule is CCCCCCN(CCCCO)C(=O)C(Cl)(Cl)Cl. The van der Waals surface area contributed by atoms with Crippen molar-refractivity contribution >= 4 is 40.7 Å². The molecular weight excluding hydrogens is 296 g/mol. The molecule has 0 aliphatic heterocycles. The smallest absolute Gasteiger partial charge is 0.274 e. The van der Waals surface area contributed by atoms with Crippen LogP contribution in [0.25, 0.3) is 0 Å². The molecule has 0 bridgehead atoms. The van der Waals surface area contributed by atoms with E-state index in [-0.39, 0.29) is 6.61 Å². The van der Waals surface area contributed by atoms with Crippen molar-refractivity contribution in [2.75, 3.05) is 19.7 Å². The summed E-state index contributed by atoms with van der Waals surface area (Å²) in [5, 5.41) is 8.74. The number of carbonyl (C=O) groups excluding carboxylic acids is 1. The van der Waals surface area contributed by atoms with Crippen LogP contribution in [-0.2, 0) is 4.79 Å². The number of hydrogen-bond acceptors (Lipinski definition) is 2. The van der Waals surface area contributed by atoms with Crippen LogP contribution in [0.5, 0.6) is 0 Å². The monoisotopic (exact) mass is 317 g/mol. The lowest BCUT2D eigenvalue weighted by molar-refractivity contribution is -0.130. The second kappa shape index (κ2) is 10.1. The second-order valence-electron chi connectivity index (χ2n) is 4.28. The third-order valence-corrected chi connectivity index (χ3v) is 3.13. The topological polar surface area (TPSA) is 40.5 Å². The Morgan fingerprint density at radius 2 is 1.61 bits per heavy atom. The maximum absolute atomic E-state index is 11.9. The van der Waals surface area contributed by atoms with E-state index in [1.54, 1.807) is 4.90 Å². The Kier molecular flexibility index (Phi) is 10.3. The van der Waals surface area contributed by atoms with Gasteiger partial charge in [-0.3, -0.25) is 4.79 Å². The molecule has 1 amide bonds. The van der Waals surface area contributed by atoms with Gasteiger partial charge >= 0.3 is 0 Å². The lowest BCUT2D eigenvalue weighted by Gasteiger charge is -2.26. The Labute approximate surface area is 124 Å². The van der Waals surface area contributed by atoms with Crippen LogP contribution in [-0.4, -0.2) is 39.4 Å². The Morgan fingerprint density at radius 1 is 1.06 bits per heavy atom. The van der Waals surface area contributed by atoms with Crippen LogP contribution in [0.2, 0.25) is 0 Å². The summed E-state index contributed by atoms with van der Waals surface area (Å²) < 4.78 is -1.88. The molecular formula is C12H22Cl3NO2. The molecule has 0 spiro atoms. The first kappa shape index (κ1) is 18.3. The molecule has 0 saturated carbocycles. The van der Waals surface area contributed by atoms with Gasteiger partial charge in [-0.2, -0.15) is 0 Å². The Hall–Kier alpha value is 0.300. The molecule has 0 aromatic rings. The van der Waals surface area contributed by atoms with E-state index in [2.05, 4.69) is 6.92 Å². The summed E-state index contributed by atoms with van der Waals surface area (Å²) in [5.41, 5.74) is 0. The molecule has 0 unspecified atom stereocenters. The highest BCUT2D eigenvalue weighted by molar-refractivity contribution is 6.76. The first-order chi connectivity index (χ1) is 8.43. The van der Waals surface area contributed by atoms with E-state index in [1.165, 1.54) is 0 Å². The van der Waals surface area contributed by atoms with Gasteiger partial charge in [0.25, 0.3) is 9.70 Å². The van der Waals surface area contributed by atoms with Gasteiger partial charge in [0.05, 0.1) is 0 Å². The summed E-state index contributed by atoms with van der Waals surface area (Å²) in [6, 6.07) is 0. The zero-order valence-electron chi connectivity index (χ0n) is 10.8. The molecule has 0 rings (SSSR count). The highest BCUT2D eigenvalue weighted by atomic mass is 35.6. The molecule has 6 heteroatoms. The average Bonchev–Trinajstić information content (AvgIpc) is 2.30. The zero-order valence-corrected chi connectivity index (χ0v) is 13.1. The minimum atomic E-state index is -1.88. The standard InChI is InChI=1S/C12H22Cl3NO2/c1-2-3-4-5-8-16(9-6-7-10-17)11(18)12(13,14)15/h17H,2-10H2,1H3. The van der Waals surface area contributed by atoms with Gasteiger partial charge in [-0.25, -0.2) is 0 Å². The lowest BCUT2D eigenvalue weighted by Crippen LogP contribution is -2.40. The van der Waals surface area contributed by atoms with Crippen molar-refractivity contribution in [3.63, 3.8) is 0 Å². The Morgan fingerprint density at radius 3 is 2.06 bits per heavy atom. The highest BCUT2D eigenvalue weighted by Gasteiger charge is 2.34. The first-order valence-electron chi connectivity index (χ1n) is 6.40. The van der Waals surface area contributed by atoms with Crippen LogP contribution in [0.4, 0.5) is 0 Å². The third kappa shape index (κ3) is 8.41. The normalized spacial score (nSPS) is 11.6. The Balaban J connectivity index is 4.20. The van der Waals surface area contributed by atoms with E-state index in [9.17, 15) is 4.79 Å². The predicted molar refractivity (Wildman–Crippen MR) is 77.3 cm³/mol. The molecule has 0 heterocycles. The number of carbonyl (C=O) groups is 1. The number of alkyl halides is 3. The minimum Gasteiger partial charge on any atom is -0.396 e. The maximum atomic E-state index is 11.9. The zero-order chi connectivity index (χ0) is 14.0. The van der Waals surface area contributed by atoms with Gasteiger partial charge in [0.2, 0.25) is 0 Å². The number of unbranched alkanes of at least 4 members (excludes halogenated alkanes) is 4. The van der Waals surface area contributed by atoms with Crippen molar-refractivity contribution in [2.45, 2.75) is 49.2 Å². The van der Waals surface area contributed by atoms with Gasteiger partial charge in [-0.1, -0.05) is 61.0 Å². The van der Waals surface area contributed by atoms with Crippen molar-refractivity contribution in [2.24, 2.45) is 0 Å². The molecule has 0 atom stereocenters. The van der Waals surface area contributed by atoms with Gasteiger partial charge in [0.15, 0.2) is 0 Å². The van der Waals surface area contributed by atoms with Gasteiger partial charge in [0, 0.05) is 19.7 Å². The van der Waals surface area contributed by atoms with Crippen LogP contribution < -0.4 is 0 Å². The van der Waals surface area contributed by atoms with Crippen LogP contribution in [0.15, 0.2) is 0 Å². The fraction of sp³-hybridized carbons (Fsp3) is 0.917. The van der Waals surface area contributed by atoms with E-state index in [0.717, 1.165) is 32.1 Å².